The maximum atomic E-state index is 5.70. The third-order valence-electron chi connectivity index (χ3n) is 3.85. The highest BCUT2D eigenvalue weighted by atomic mass is 79.9. The van der Waals surface area contributed by atoms with Crippen LogP contribution in [0.3, 0.4) is 0 Å². The Morgan fingerprint density at radius 2 is 2.12 bits per heavy atom. The molecule has 1 spiro atoms. The van der Waals surface area contributed by atoms with Gasteiger partial charge in [0, 0.05) is 24.2 Å². The minimum Gasteiger partial charge on any atom is -1.00 e. The number of hydrogen-bond acceptors (Lipinski definition) is 1. The second kappa shape index (κ2) is 6.93. The maximum absolute atomic E-state index is 5.70. The Hall–Kier alpha value is 0.170. The van der Waals surface area contributed by atoms with E-state index in [0.29, 0.717) is 0 Å². The molecule has 0 amide bonds. The van der Waals surface area contributed by atoms with E-state index in [1.165, 1.54) is 44.9 Å². The average molecular weight is 367 g/mol. The summed E-state index contributed by atoms with van der Waals surface area (Å²) in [5.74, 6) is 1.11. The topological polar surface area (TPSA) is 12.2 Å². The lowest BCUT2D eigenvalue weighted by Gasteiger charge is -2.20. The molecule has 0 saturated heterocycles. The Morgan fingerprint density at radius 3 is 2.71 bits per heavy atom. The van der Waals surface area contributed by atoms with Crippen LogP contribution in [0.15, 0.2) is 10.7 Å². The van der Waals surface area contributed by atoms with E-state index in [4.69, 9.17) is 4.74 Å². The molecule has 0 bridgehead atoms. The van der Waals surface area contributed by atoms with E-state index in [9.17, 15) is 0 Å². The lowest BCUT2D eigenvalue weighted by molar-refractivity contribution is -0.587. The second-order valence-electron chi connectivity index (χ2n) is 4.84. The summed E-state index contributed by atoms with van der Waals surface area (Å²) in [6.45, 7) is 3.39. The van der Waals surface area contributed by atoms with Gasteiger partial charge in [-0.15, -0.1) is 0 Å². The van der Waals surface area contributed by atoms with Crippen LogP contribution in [0.5, 0.6) is 0 Å². The van der Waals surface area contributed by atoms with Gasteiger partial charge in [0.05, 0.1) is 0 Å². The summed E-state index contributed by atoms with van der Waals surface area (Å²) in [5.41, 5.74) is 0.192. The molecule has 0 radical (unpaired) electrons. The third kappa shape index (κ3) is 2.95. The summed E-state index contributed by atoms with van der Waals surface area (Å²) in [6, 6.07) is 0. The molecule has 0 unspecified atom stereocenters. The first-order valence-corrected chi connectivity index (χ1v) is 7.32. The first-order valence-electron chi connectivity index (χ1n) is 6.41. The van der Waals surface area contributed by atoms with Crippen molar-refractivity contribution in [2.45, 2.75) is 57.4 Å². The monoisotopic (exact) mass is 365 g/mol. The van der Waals surface area contributed by atoms with E-state index in [2.05, 4.69) is 27.4 Å². The SMILES string of the molecule is CCCCC[N+]1=COC(=CBr)C12CCCC2.[Br-]. The van der Waals surface area contributed by atoms with Crippen LogP contribution < -0.4 is 17.0 Å². The van der Waals surface area contributed by atoms with Crippen molar-refractivity contribution in [3.05, 3.63) is 10.7 Å². The van der Waals surface area contributed by atoms with E-state index < -0.39 is 0 Å². The first-order chi connectivity index (χ1) is 7.83. The van der Waals surface area contributed by atoms with Crippen LogP contribution in [0, 0.1) is 0 Å². The number of nitrogens with zero attached hydrogens (tertiary/aromatic N) is 1. The standard InChI is InChI=1S/C13H21BrNO.BrH/c1-2-3-6-9-15-11-16-12(10-14)13(15)7-4-5-8-13;/h10-11H,2-9H2,1H3;1H/q+1;/p-1. The summed E-state index contributed by atoms with van der Waals surface area (Å²) in [7, 11) is 0. The predicted molar refractivity (Wildman–Crippen MR) is 70.0 cm³/mol. The van der Waals surface area contributed by atoms with E-state index in [1.807, 2.05) is 11.4 Å². The molecule has 2 aliphatic rings. The minimum absolute atomic E-state index is 0. The highest BCUT2D eigenvalue weighted by Crippen LogP contribution is 2.42. The van der Waals surface area contributed by atoms with Gasteiger partial charge in [-0.1, -0.05) is 29.3 Å². The molecule has 0 aromatic carbocycles. The van der Waals surface area contributed by atoms with Crippen molar-refractivity contribution < 1.29 is 26.3 Å². The van der Waals surface area contributed by atoms with Gasteiger partial charge in [-0.25, -0.2) is 0 Å². The smallest absolute Gasteiger partial charge is 0.330 e. The van der Waals surface area contributed by atoms with Crippen molar-refractivity contribution >= 4 is 22.3 Å². The van der Waals surface area contributed by atoms with Crippen LogP contribution in [0.2, 0.25) is 0 Å². The fourth-order valence-electron chi connectivity index (χ4n) is 2.89. The molecule has 1 aliphatic carbocycles. The summed E-state index contributed by atoms with van der Waals surface area (Å²) in [5, 5.41) is 0. The lowest BCUT2D eigenvalue weighted by atomic mass is 9.95. The highest BCUT2D eigenvalue weighted by molar-refractivity contribution is 9.11. The Morgan fingerprint density at radius 1 is 1.41 bits per heavy atom. The quantitative estimate of drug-likeness (QED) is 0.529. The predicted octanol–water partition coefficient (Wildman–Crippen LogP) is 0.801. The normalized spacial score (nSPS) is 23.6. The first kappa shape index (κ1) is 15.2. The van der Waals surface area contributed by atoms with Crippen LogP contribution in [0.1, 0.15) is 51.9 Å². The van der Waals surface area contributed by atoms with Gasteiger partial charge in [0.1, 0.15) is 6.54 Å². The van der Waals surface area contributed by atoms with Crippen LogP contribution in [-0.2, 0) is 4.74 Å². The molecular formula is C13H21Br2NO. The molecule has 0 aromatic rings. The molecule has 98 valence electrons. The molecule has 2 rings (SSSR count). The van der Waals surface area contributed by atoms with Gasteiger partial charge in [0.2, 0.25) is 5.54 Å². The molecule has 1 heterocycles. The highest BCUT2D eigenvalue weighted by Gasteiger charge is 2.52. The molecule has 0 N–H and O–H groups in total. The van der Waals surface area contributed by atoms with Crippen LogP contribution >= 0.6 is 15.9 Å². The van der Waals surface area contributed by atoms with Gasteiger partial charge in [0.25, 0.3) is 0 Å². The van der Waals surface area contributed by atoms with Crippen molar-refractivity contribution in [3.8, 4) is 0 Å². The molecule has 0 atom stereocenters. The average Bonchev–Trinajstić information content (AvgIpc) is 2.90. The van der Waals surface area contributed by atoms with Crippen LogP contribution in [-0.4, -0.2) is 23.1 Å². The van der Waals surface area contributed by atoms with Crippen molar-refractivity contribution in [2.75, 3.05) is 6.54 Å². The number of rotatable bonds is 4. The molecule has 0 aromatic heterocycles. The molecule has 1 saturated carbocycles. The molecular weight excluding hydrogens is 346 g/mol. The van der Waals surface area contributed by atoms with Crippen molar-refractivity contribution in [1.29, 1.82) is 0 Å². The zero-order valence-corrected chi connectivity index (χ0v) is 13.6. The number of hydrogen-bond donors (Lipinski definition) is 0. The molecule has 1 aliphatic heterocycles. The van der Waals surface area contributed by atoms with Gasteiger partial charge in [-0.2, -0.15) is 4.58 Å². The zero-order valence-electron chi connectivity index (χ0n) is 10.4. The summed E-state index contributed by atoms with van der Waals surface area (Å²) < 4.78 is 8.13. The molecule has 4 heteroatoms. The summed E-state index contributed by atoms with van der Waals surface area (Å²) in [6.07, 6.45) is 10.9. The fraction of sp³-hybridized carbons (Fsp3) is 0.769. The van der Waals surface area contributed by atoms with Gasteiger partial charge in [-0.05, 0) is 19.3 Å². The van der Waals surface area contributed by atoms with Crippen molar-refractivity contribution in [2.24, 2.45) is 0 Å². The van der Waals surface area contributed by atoms with Crippen LogP contribution in [0.4, 0.5) is 0 Å². The summed E-state index contributed by atoms with van der Waals surface area (Å²) >= 11 is 3.44. The Kier molecular flexibility index (Phi) is 6.21. The van der Waals surface area contributed by atoms with Crippen LogP contribution in [0.25, 0.3) is 0 Å². The number of halogens is 2. The van der Waals surface area contributed by atoms with E-state index in [0.717, 1.165) is 12.3 Å². The maximum Gasteiger partial charge on any atom is 0.330 e. The molecule has 17 heavy (non-hydrogen) atoms. The minimum atomic E-state index is 0. The van der Waals surface area contributed by atoms with E-state index in [-0.39, 0.29) is 22.5 Å². The Balaban J connectivity index is 0.00000144. The largest absolute Gasteiger partial charge is 1.00 e. The van der Waals surface area contributed by atoms with Gasteiger partial charge in [0.15, 0.2) is 5.76 Å². The Labute approximate surface area is 123 Å². The van der Waals surface area contributed by atoms with Gasteiger partial charge < -0.3 is 21.7 Å². The van der Waals surface area contributed by atoms with Gasteiger partial charge in [-0.3, -0.25) is 0 Å². The third-order valence-corrected chi connectivity index (χ3v) is 4.26. The number of ether oxygens (including phenoxy) is 1. The molecule has 2 nitrogen and oxygen atoms in total. The molecule has 1 fully saturated rings. The fourth-order valence-corrected chi connectivity index (χ4v) is 3.43. The zero-order chi connectivity index (χ0) is 11.4. The lowest BCUT2D eigenvalue weighted by Crippen LogP contribution is -3.00. The number of unbranched alkanes of at least 4 members (excludes halogenated alkanes) is 2. The summed E-state index contributed by atoms with van der Waals surface area (Å²) in [4.78, 5) is 1.97. The Bertz CT molecular complexity index is 307. The van der Waals surface area contributed by atoms with Gasteiger partial charge >= 0.3 is 6.40 Å². The second-order valence-corrected chi connectivity index (χ2v) is 5.29. The van der Waals surface area contributed by atoms with E-state index >= 15 is 0 Å². The van der Waals surface area contributed by atoms with Crippen molar-refractivity contribution in [1.82, 2.24) is 0 Å². The van der Waals surface area contributed by atoms with Crippen molar-refractivity contribution in [3.63, 3.8) is 0 Å². The van der Waals surface area contributed by atoms with E-state index in [1.54, 1.807) is 0 Å².